The number of alkyl carbamates (subject to hydrolysis) is 1. The Balaban J connectivity index is 5.25. The highest BCUT2D eigenvalue weighted by molar-refractivity contribution is 8.76. The summed E-state index contributed by atoms with van der Waals surface area (Å²) in [5, 5.41) is 2.72. The molecule has 0 aromatic heterocycles. The zero-order chi connectivity index (χ0) is 43.6. The molecule has 0 aromatic rings. The first-order valence-corrected chi connectivity index (χ1v) is 26.2. The smallest absolute Gasteiger partial charge is 0.410 e. The van der Waals surface area contributed by atoms with E-state index in [0.29, 0.717) is 18.1 Å². The lowest BCUT2D eigenvalue weighted by molar-refractivity contribution is -0.149. The van der Waals surface area contributed by atoms with E-state index in [4.69, 9.17) is 18.9 Å². The van der Waals surface area contributed by atoms with Crippen LogP contribution in [0.3, 0.4) is 0 Å². The van der Waals surface area contributed by atoms with Crippen LogP contribution < -0.4 is 5.32 Å². The fraction of sp³-hybridized carbons (Fsp3) is 0.913. The lowest BCUT2D eigenvalue weighted by atomic mass is 9.94. The Hall–Kier alpha value is -1.86. The van der Waals surface area contributed by atoms with Crippen molar-refractivity contribution >= 4 is 45.7 Å². The SMILES string of the molecule is CCCCCCCCC(CCCCCC)C(=O)OCCN(CCOC(=O)C(CCCCCC)CCCCCCCC)C(=O)OCCSSCCOC(=O)NCCN(C)C. The number of carbonyl (C=O) groups excluding carboxylic acids is 4. The lowest BCUT2D eigenvalue weighted by Gasteiger charge is -2.23. The van der Waals surface area contributed by atoms with Crippen LogP contribution in [0.2, 0.25) is 0 Å². The molecule has 0 aliphatic rings. The fourth-order valence-corrected chi connectivity index (χ4v) is 8.41. The van der Waals surface area contributed by atoms with Crippen molar-refractivity contribution in [2.45, 2.75) is 182 Å². The molecule has 2 atom stereocenters. The minimum Gasteiger partial charge on any atom is -0.464 e. The molecule has 0 aromatic carbocycles. The van der Waals surface area contributed by atoms with Crippen LogP contribution in [0.5, 0.6) is 0 Å². The molecule has 0 radical (unpaired) electrons. The molecule has 0 aliphatic heterocycles. The highest BCUT2D eigenvalue weighted by Gasteiger charge is 2.23. The van der Waals surface area contributed by atoms with Crippen molar-refractivity contribution in [3.63, 3.8) is 0 Å². The first kappa shape index (κ1) is 57.1. The molecule has 0 saturated carbocycles. The summed E-state index contributed by atoms with van der Waals surface area (Å²) in [4.78, 5) is 55.3. The molecule has 0 heterocycles. The molecule has 1 N–H and O–H groups in total. The molecule has 348 valence electrons. The number of esters is 2. The standard InChI is InChI=1S/C46H89N3O8S2/c1-7-11-15-19-21-25-29-41(27-23-17-13-9-3)43(50)54-35-33-49(46(53)57-38-40-59-58-39-37-56-45(52)47-31-32-48(5)6)34-36-55-44(51)42(28-24-18-14-10-4)30-26-22-20-16-12-8-2/h41-42H,7-40H2,1-6H3,(H,47,52). The van der Waals surface area contributed by atoms with Crippen LogP contribution in [0.4, 0.5) is 9.59 Å². The van der Waals surface area contributed by atoms with Gasteiger partial charge in [-0.2, -0.15) is 0 Å². The number of nitrogens with zero attached hydrogens (tertiary/aromatic N) is 2. The maximum Gasteiger partial charge on any atom is 0.410 e. The third kappa shape index (κ3) is 36.5. The summed E-state index contributed by atoms with van der Waals surface area (Å²) in [6.45, 7) is 11.0. The Morgan fingerprint density at radius 2 is 0.847 bits per heavy atom. The Labute approximate surface area is 369 Å². The molecule has 0 bridgehead atoms. The molecule has 2 amide bonds. The number of ether oxygens (including phenoxy) is 4. The van der Waals surface area contributed by atoms with Gasteiger partial charge in [0.1, 0.15) is 26.4 Å². The molecule has 13 heteroatoms. The van der Waals surface area contributed by atoms with E-state index in [1.165, 1.54) is 79.9 Å². The minimum absolute atomic E-state index is 0.0647. The third-order valence-corrected chi connectivity index (χ3v) is 12.8. The van der Waals surface area contributed by atoms with Gasteiger partial charge in [0.15, 0.2) is 0 Å². The number of nitrogens with one attached hydrogen (secondary N) is 1. The molecular formula is C46H89N3O8S2. The summed E-state index contributed by atoms with van der Waals surface area (Å²) >= 11 is 0. The van der Waals surface area contributed by atoms with Crippen molar-refractivity contribution in [1.29, 1.82) is 0 Å². The normalized spacial score (nSPS) is 12.3. The highest BCUT2D eigenvalue weighted by Crippen LogP contribution is 2.23. The number of unbranched alkanes of at least 4 members (excludes halogenated alkanes) is 16. The maximum atomic E-state index is 13.4. The predicted octanol–water partition coefficient (Wildman–Crippen LogP) is 11.9. The van der Waals surface area contributed by atoms with E-state index in [-0.39, 0.29) is 63.3 Å². The fourth-order valence-electron chi connectivity index (χ4n) is 6.75. The van der Waals surface area contributed by atoms with E-state index >= 15 is 0 Å². The number of rotatable bonds is 42. The number of hydrogen-bond donors (Lipinski definition) is 1. The van der Waals surface area contributed by atoms with Gasteiger partial charge in [-0.25, -0.2) is 9.59 Å². The topological polar surface area (TPSA) is 124 Å². The second kappa shape index (κ2) is 42.8. The van der Waals surface area contributed by atoms with Crippen LogP contribution in [0, 0.1) is 11.8 Å². The van der Waals surface area contributed by atoms with Crippen molar-refractivity contribution in [1.82, 2.24) is 15.1 Å². The van der Waals surface area contributed by atoms with Gasteiger partial charge in [-0.3, -0.25) is 9.59 Å². The zero-order valence-corrected chi connectivity index (χ0v) is 40.3. The summed E-state index contributed by atoms with van der Waals surface area (Å²) in [5.41, 5.74) is 0. The molecular weight excluding hydrogens is 787 g/mol. The summed E-state index contributed by atoms with van der Waals surface area (Å²) in [6.07, 6.45) is 25.4. The van der Waals surface area contributed by atoms with Gasteiger partial charge < -0.3 is 34.1 Å². The number of amides is 2. The van der Waals surface area contributed by atoms with Crippen molar-refractivity contribution in [3.05, 3.63) is 0 Å². The molecule has 0 spiro atoms. The van der Waals surface area contributed by atoms with E-state index in [9.17, 15) is 19.2 Å². The van der Waals surface area contributed by atoms with Crippen LogP contribution in [-0.4, -0.2) is 112 Å². The van der Waals surface area contributed by atoms with Gasteiger partial charge in [-0.1, -0.05) is 178 Å². The zero-order valence-electron chi connectivity index (χ0n) is 38.7. The van der Waals surface area contributed by atoms with Crippen LogP contribution >= 0.6 is 21.6 Å². The van der Waals surface area contributed by atoms with Gasteiger partial charge >= 0.3 is 24.1 Å². The lowest BCUT2D eigenvalue weighted by Crippen LogP contribution is -2.38. The third-order valence-electron chi connectivity index (χ3n) is 10.5. The molecule has 2 unspecified atom stereocenters. The Morgan fingerprint density at radius 3 is 1.25 bits per heavy atom. The van der Waals surface area contributed by atoms with Crippen molar-refractivity contribution in [2.24, 2.45) is 11.8 Å². The van der Waals surface area contributed by atoms with Gasteiger partial charge in [0.2, 0.25) is 0 Å². The second-order valence-corrected chi connectivity index (χ2v) is 18.9. The predicted molar refractivity (Wildman–Crippen MR) is 248 cm³/mol. The maximum absolute atomic E-state index is 13.4. The number of carbonyl (C=O) groups is 4. The van der Waals surface area contributed by atoms with Gasteiger partial charge in [-0.05, 0) is 39.8 Å². The second-order valence-electron chi connectivity index (χ2n) is 16.2. The molecule has 11 nitrogen and oxygen atoms in total. The average molecular weight is 876 g/mol. The van der Waals surface area contributed by atoms with Crippen molar-refractivity contribution < 1.29 is 38.1 Å². The van der Waals surface area contributed by atoms with Gasteiger partial charge in [0.05, 0.1) is 24.9 Å². The van der Waals surface area contributed by atoms with E-state index in [0.717, 1.165) is 96.4 Å². The Morgan fingerprint density at radius 1 is 0.475 bits per heavy atom. The number of likely N-dealkylation sites (N-methyl/N-ethyl adjacent to an activating group) is 1. The largest absolute Gasteiger partial charge is 0.464 e. The van der Waals surface area contributed by atoms with Gasteiger partial charge in [0.25, 0.3) is 0 Å². The van der Waals surface area contributed by atoms with Crippen molar-refractivity contribution in [2.75, 3.05) is 78.2 Å². The first-order chi connectivity index (χ1) is 28.7. The summed E-state index contributed by atoms with van der Waals surface area (Å²) in [5.74, 6) is 0.548. The first-order valence-electron chi connectivity index (χ1n) is 23.7. The van der Waals surface area contributed by atoms with Crippen LogP contribution in [0.15, 0.2) is 0 Å². The Bertz CT molecular complexity index is 959. The van der Waals surface area contributed by atoms with E-state index in [1.54, 1.807) is 10.8 Å². The van der Waals surface area contributed by atoms with Crippen LogP contribution in [0.1, 0.15) is 182 Å². The number of hydrogen-bond acceptors (Lipinski definition) is 11. The summed E-state index contributed by atoms with van der Waals surface area (Å²) in [7, 11) is 6.96. The summed E-state index contributed by atoms with van der Waals surface area (Å²) < 4.78 is 22.5. The van der Waals surface area contributed by atoms with E-state index < -0.39 is 12.2 Å². The quantitative estimate of drug-likeness (QED) is 0.0273. The average Bonchev–Trinajstić information content (AvgIpc) is 3.21. The Kier molecular flexibility index (Phi) is 41.5. The summed E-state index contributed by atoms with van der Waals surface area (Å²) in [6, 6.07) is 0. The van der Waals surface area contributed by atoms with Crippen LogP contribution in [0.25, 0.3) is 0 Å². The molecule has 59 heavy (non-hydrogen) atoms. The van der Waals surface area contributed by atoms with Crippen LogP contribution in [-0.2, 0) is 28.5 Å². The molecule has 0 saturated heterocycles. The highest BCUT2D eigenvalue weighted by atomic mass is 33.1. The van der Waals surface area contributed by atoms with E-state index in [1.807, 2.05) is 19.0 Å². The van der Waals surface area contributed by atoms with Gasteiger partial charge in [0, 0.05) is 24.6 Å². The monoisotopic (exact) mass is 876 g/mol. The van der Waals surface area contributed by atoms with Crippen molar-refractivity contribution in [3.8, 4) is 0 Å². The van der Waals surface area contributed by atoms with Gasteiger partial charge in [-0.15, -0.1) is 0 Å². The van der Waals surface area contributed by atoms with E-state index in [2.05, 4.69) is 33.0 Å². The molecule has 0 fully saturated rings. The molecule has 0 aliphatic carbocycles. The minimum atomic E-state index is -0.521. The molecule has 0 rings (SSSR count).